The van der Waals surface area contributed by atoms with Crippen LogP contribution in [0.3, 0.4) is 0 Å². The van der Waals surface area contributed by atoms with E-state index in [1.54, 1.807) is 26.0 Å². The van der Waals surface area contributed by atoms with E-state index in [0.29, 0.717) is 12.4 Å². The summed E-state index contributed by atoms with van der Waals surface area (Å²) in [4.78, 5) is 23.6. The summed E-state index contributed by atoms with van der Waals surface area (Å²) >= 11 is 0. The molecule has 1 rings (SSSR count). The highest BCUT2D eigenvalue weighted by Gasteiger charge is 2.20. The Morgan fingerprint density at radius 2 is 2.05 bits per heavy atom. The predicted molar refractivity (Wildman–Crippen MR) is 72.5 cm³/mol. The molecule has 0 aliphatic carbocycles. The van der Waals surface area contributed by atoms with Crippen LogP contribution in [0.15, 0.2) is 24.3 Å². The Morgan fingerprint density at radius 1 is 1.37 bits per heavy atom. The molecular formula is C14H17NO4. The summed E-state index contributed by atoms with van der Waals surface area (Å²) in [5.74, 6) is -0.542. The van der Waals surface area contributed by atoms with Gasteiger partial charge in [0.2, 0.25) is 0 Å². The summed E-state index contributed by atoms with van der Waals surface area (Å²) in [5, 5.41) is 0. The molecule has 0 amide bonds. The van der Waals surface area contributed by atoms with E-state index in [2.05, 4.69) is 4.74 Å². The quantitative estimate of drug-likeness (QED) is 0.381. The molecular weight excluding hydrogens is 246 g/mol. The van der Waals surface area contributed by atoms with Crippen molar-refractivity contribution in [3.8, 4) is 5.75 Å². The zero-order valence-electron chi connectivity index (χ0n) is 11.2. The van der Waals surface area contributed by atoms with Gasteiger partial charge in [0.05, 0.1) is 30.5 Å². The lowest BCUT2D eigenvalue weighted by molar-refractivity contribution is 0.0602. The topological polar surface area (TPSA) is 78.6 Å². The van der Waals surface area contributed by atoms with Crippen molar-refractivity contribution >= 4 is 17.4 Å². The van der Waals surface area contributed by atoms with E-state index >= 15 is 0 Å². The van der Waals surface area contributed by atoms with Crippen LogP contribution in [0.2, 0.25) is 0 Å². The molecule has 0 aromatic heterocycles. The third-order valence-corrected chi connectivity index (χ3v) is 2.48. The fourth-order valence-corrected chi connectivity index (χ4v) is 1.65. The molecule has 102 valence electrons. The number of hydrogen-bond acceptors (Lipinski definition) is 5. The number of ether oxygens (including phenoxy) is 2. The lowest BCUT2D eigenvalue weighted by atomic mass is 10.0. The van der Waals surface area contributed by atoms with E-state index in [-0.39, 0.29) is 22.6 Å². The normalized spacial score (nSPS) is 10.5. The Hall–Kier alpha value is -2.30. The molecule has 0 spiro atoms. The van der Waals surface area contributed by atoms with Crippen molar-refractivity contribution in [3.63, 3.8) is 0 Å². The molecule has 0 bridgehead atoms. The van der Waals surface area contributed by atoms with Gasteiger partial charge in [0.1, 0.15) is 5.75 Å². The third-order valence-electron chi connectivity index (χ3n) is 2.48. The van der Waals surface area contributed by atoms with E-state index in [0.717, 1.165) is 0 Å². The second-order valence-electron chi connectivity index (χ2n) is 3.69. The second-order valence-corrected chi connectivity index (χ2v) is 3.69. The molecule has 0 fully saturated rings. The minimum absolute atomic E-state index is 0.0703. The summed E-state index contributed by atoms with van der Waals surface area (Å²) in [6.45, 7) is 3.92. The van der Waals surface area contributed by atoms with Gasteiger partial charge in [0, 0.05) is 0 Å². The van der Waals surface area contributed by atoms with Crippen LogP contribution in [0, 0.1) is 0 Å². The molecule has 5 heteroatoms. The van der Waals surface area contributed by atoms with E-state index in [1.165, 1.54) is 19.3 Å². The van der Waals surface area contributed by atoms with Gasteiger partial charge in [-0.05, 0) is 32.1 Å². The van der Waals surface area contributed by atoms with Crippen LogP contribution < -0.4 is 10.5 Å². The highest BCUT2D eigenvalue weighted by atomic mass is 16.5. The van der Waals surface area contributed by atoms with Crippen LogP contribution >= 0.6 is 0 Å². The molecule has 19 heavy (non-hydrogen) atoms. The monoisotopic (exact) mass is 263 g/mol. The molecule has 0 saturated carbocycles. The molecule has 0 heterocycles. The van der Waals surface area contributed by atoms with Gasteiger partial charge >= 0.3 is 5.97 Å². The third kappa shape index (κ3) is 3.13. The molecule has 1 aromatic carbocycles. The first-order chi connectivity index (χ1) is 9.06. The Bertz CT molecular complexity index is 520. The van der Waals surface area contributed by atoms with Crippen LogP contribution in [-0.2, 0) is 4.74 Å². The van der Waals surface area contributed by atoms with E-state index < -0.39 is 5.97 Å². The number of methoxy groups -OCH3 is 1. The second kappa shape index (κ2) is 6.58. The maximum absolute atomic E-state index is 12.0. The fraction of sp³-hybridized carbons (Fsp3) is 0.286. The van der Waals surface area contributed by atoms with E-state index in [9.17, 15) is 9.59 Å². The highest BCUT2D eigenvalue weighted by molar-refractivity contribution is 6.13. The Balaban J connectivity index is 3.43. The molecule has 0 atom stereocenters. The molecule has 5 nitrogen and oxygen atoms in total. The van der Waals surface area contributed by atoms with Gasteiger partial charge in [-0.3, -0.25) is 4.79 Å². The van der Waals surface area contributed by atoms with Crippen molar-refractivity contribution in [2.45, 2.75) is 13.8 Å². The smallest absolute Gasteiger partial charge is 0.339 e. The number of carbonyl (C=O) groups excluding carboxylic acids is 2. The lowest BCUT2D eigenvalue weighted by Gasteiger charge is -2.13. The van der Waals surface area contributed by atoms with Gasteiger partial charge in [-0.1, -0.05) is 6.08 Å². The Kier molecular flexibility index (Phi) is 5.11. The van der Waals surface area contributed by atoms with Crippen LogP contribution in [0.5, 0.6) is 5.75 Å². The number of nitrogens with two attached hydrogens (primary N) is 1. The maximum atomic E-state index is 12.0. The zero-order chi connectivity index (χ0) is 14.4. The lowest BCUT2D eigenvalue weighted by Crippen LogP contribution is -2.12. The van der Waals surface area contributed by atoms with Crippen molar-refractivity contribution < 1.29 is 19.1 Å². The van der Waals surface area contributed by atoms with Crippen LogP contribution in [0.25, 0.3) is 0 Å². The number of carbonyl (C=O) groups is 2. The number of rotatable bonds is 5. The van der Waals surface area contributed by atoms with Gasteiger partial charge in [0.25, 0.3) is 0 Å². The van der Waals surface area contributed by atoms with Gasteiger partial charge in [-0.25, -0.2) is 4.79 Å². The molecule has 2 N–H and O–H groups in total. The molecule has 0 aliphatic rings. The molecule has 0 unspecified atom stereocenters. The first-order valence-corrected chi connectivity index (χ1v) is 5.87. The van der Waals surface area contributed by atoms with Crippen LogP contribution in [0.4, 0.5) is 5.69 Å². The summed E-state index contributed by atoms with van der Waals surface area (Å²) < 4.78 is 9.99. The number of benzene rings is 1. The van der Waals surface area contributed by atoms with E-state index in [1.807, 2.05) is 0 Å². The molecule has 1 aromatic rings. The average molecular weight is 263 g/mol. The van der Waals surface area contributed by atoms with Crippen molar-refractivity contribution in [1.82, 2.24) is 0 Å². The minimum Gasteiger partial charge on any atom is -0.493 e. The average Bonchev–Trinajstić information content (AvgIpc) is 2.38. The molecule has 0 aliphatic heterocycles. The number of esters is 1. The van der Waals surface area contributed by atoms with Gasteiger partial charge in [-0.2, -0.15) is 0 Å². The Labute approximate surface area is 112 Å². The molecule has 0 radical (unpaired) electrons. The Morgan fingerprint density at radius 3 is 2.58 bits per heavy atom. The van der Waals surface area contributed by atoms with Crippen LogP contribution in [-0.4, -0.2) is 25.5 Å². The number of ketones is 1. The number of anilines is 1. The van der Waals surface area contributed by atoms with Gasteiger partial charge in [0.15, 0.2) is 5.78 Å². The first kappa shape index (κ1) is 14.8. The van der Waals surface area contributed by atoms with Crippen LogP contribution in [0.1, 0.15) is 34.6 Å². The summed E-state index contributed by atoms with van der Waals surface area (Å²) in [7, 11) is 1.26. The van der Waals surface area contributed by atoms with Gasteiger partial charge in [-0.15, -0.1) is 0 Å². The van der Waals surface area contributed by atoms with Crippen molar-refractivity contribution in [2.24, 2.45) is 0 Å². The highest BCUT2D eigenvalue weighted by Crippen LogP contribution is 2.29. The number of nitrogen functional groups attached to an aromatic ring is 1. The van der Waals surface area contributed by atoms with Crippen molar-refractivity contribution in [1.29, 1.82) is 0 Å². The fourth-order valence-electron chi connectivity index (χ4n) is 1.65. The predicted octanol–water partition coefficient (Wildman–Crippen LogP) is 2.21. The van der Waals surface area contributed by atoms with Gasteiger partial charge < -0.3 is 15.2 Å². The maximum Gasteiger partial charge on any atom is 0.339 e. The largest absolute Gasteiger partial charge is 0.493 e. The minimum atomic E-state index is -0.588. The summed E-state index contributed by atoms with van der Waals surface area (Å²) in [5.41, 5.74) is 6.29. The summed E-state index contributed by atoms with van der Waals surface area (Å²) in [6, 6.07) is 3.03. The number of allylic oxidation sites excluding steroid dienone is 2. The standard InChI is InChI=1S/C14H17NO4/c1-4-6-10(16)12-11(19-5-2)8-7-9(13(12)15)14(17)18-3/h4,6-8H,5,15H2,1-3H3/b6-4+. The van der Waals surface area contributed by atoms with E-state index in [4.69, 9.17) is 10.5 Å². The molecule has 0 saturated heterocycles. The zero-order valence-corrected chi connectivity index (χ0v) is 11.2. The van der Waals surface area contributed by atoms with Crippen molar-refractivity contribution in [2.75, 3.05) is 19.5 Å². The summed E-state index contributed by atoms with van der Waals surface area (Å²) in [6.07, 6.45) is 2.97. The number of hydrogen-bond donors (Lipinski definition) is 1. The first-order valence-electron chi connectivity index (χ1n) is 5.87. The SMILES string of the molecule is C/C=C/C(=O)c1c(OCC)ccc(C(=O)OC)c1N. The van der Waals surface area contributed by atoms with Crippen molar-refractivity contribution in [3.05, 3.63) is 35.4 Å².